The van der Waals surface area contributed by atoms with Gasteiger partial charge in [0.05, 0.1) is 0 Å². The summed E-state index contributed by atoms with van der Waals surface area (Å²) in [4.78, 5) is 0. The number of rotatable bonds is 0. The molecule has 0 atom stereocenters. The van der Waals surface area contributed by atoms with E-state index in [9.17, 15) is 0 Å². The summed E-state index contributed by atoms with van der Waals surface area (Å²) in [6.07, 6.45) is 0. The Kier molecular flexibility index (Phi) is 4.86. The van der Waals surface area contributed by atoms with E-state index < -0.39 is 13.6 Å². The van der Waals surface area contributed by atoms with Crippen LogP contribution in [0.5, 0.6) is 0 Å². The summed E-state index contributed by atoms with van der Waals surface area (Å²) in [5.41, 5.74) is 0. The van der Waals surface area contributed by atoms with Crippen LogP contribution in [0.3, 0.4) is 0 Å². The normalized spacial score (nSPS) is 9.67. The van der Waals surface area contributed by atoms with Gasteiger partial charge in [-0.15, -0.1) is 0 Å². The van der Waals surface area contributed by atoms with Crippen molar-refractivity contribution in [3.63, 3.8) is 0 Å². The van der Waals surface area contributed by atoms with Crippen molar-refractivity contribution in [3.8, 4) is 0 Å². The molecule has 40 valence electrons. The Morgan fingerprint density at radius 2 is 1.17 bits per heavy atom. The van der Waals surface area contributed by atoms with E-state index in [0.29, 0.717) is 0 Å². The molecule has 0 fully saturated rings. The van der Waals surface area contributed by atoms with Crippen molar-refractivity contribution in [2.75, 3.05) is 0 Å². The first-order valence-electron chi connectivity index (χ1n) is 0.667. The Hall–Kier alpha value is 0.842. The van der Waals surface area contributed by atoms with Gasteiger partial charge in [-0.25, -0.2) is 0 Å². The van der Waals surface area contributed by atoms with E-state index in [-0.39, 0.29) is 23.7 Å². The second-order valence-corrected chi connectivity index (χ2v) is 1.68. The molecule has 0 bridgehead atoms. The molecular weight excluding hydrogens is 244 g/mol. The molecule has 0 aromatic rings. The average Bonchev–Trinajstić information content (AvgIpc) is 0.722. The van der Waals surface area contributed by atoms with Crippen molar-refractivity contribution in [3.05, 3.63) is 0 Å². The van der Waals surface area contributed by atoms with Crippen molar-refractivity contribution >= 4 is 23.7 Å². The van der Waals surface area contributed by atoms with Gasteiger partial charge in [-0.2, -0.15) is 0 Å². The van der Waals surface area contributed by atoms with Gasteiger partial charge in [-0.3, -0.25) is 0 Å². The predicted octanol–water partition coefficient (Wildman–Crippen LogP) is -4.07. The molecule has 0 saturated heterocycles. The molecule has 0 aromatic carbocycles. The summed E-state index contributed by atoms with van der Waals surface area (Å²) < 4.78 is 34.4. The fraction of sp³-hybridized carbons (Fsp3) is 0. The molecule has 0 spiro atoms. The molecule has 0 radical (unpaired) electrons. The van der Waals surface area contributed by atoms with Gasteiger partial charge >= 0.3 is 53.2 Å². The molecule has 0 aliphatic carbocycles. The average molecular weight is 248 g/mol. The van der Waals surface area contributed by atoms with Crippen LogP contribution in [0.1, 0.15) is 0 Å². The van der Waals surface area contributed by atoms with Crippen LogP contribution in [0.25, 0.3) is 0 Å². The van der Waals surface area contributed by atoms with Gasteiger partial charge in [-0.1, -0.05) is 0 Å². The Bertz CT molecular complexity index is 90.7. The van der Waals surface area contributed by atoms with Crippen LogP contribution in [0.4, 0.5) is 0 Å². The molecule has 0 aliphatic rings. The Labute approximate surface area is 53.3 Å². The third-order valence-electron chi connectivity index (χ3n) is 0. The van der Waals surface area contributed by atoms with Gasteiger partial charge in [0.2, 0.25) is 0 Å². The summed E-state index contributed by atoms with van der Waals surface area (Å²) in [5, 5.41) is 0. The van der Waals surface area contributed by atoms with Crippen molar-refractivity contribution < 1.29 is 29.5 Å². The monoisotopic (exact) mass is 250 g/mol. The first-order chi connectivity index (χ1) is 2.00. The van der Waals surface area contributed by atoms with Crippen LogP contribution in [0.2, 0.25) is 0 Å². The van der Waals surface area contributed by atoms with Gasteiger partial charge in [-0.05, 0) is 0 Å². The Balaban J connectivity index is 0. The van der Waals surface area contributed by atoms with Crippen LogP contribution in [0, 0.1) is 0 Å². The molecule has 0 aliphatic heterocycles. The molecule has 0 unspecified atom stereocenters. The van der Waals surface area contributed by atoms with E-state index in [0.717, 1.165) is 0 Å². The molecule has 4 nitrogen and oxygen atoms in total. The zero-order valence-electron chi connectivity index (χ0n) is 2.75. The van der Waals surface area contributed by atoms with Gasteiger partial charge in [0.1, 0.15) is 0 Å². The third-order valence-corrected chi connectivity index (χ3v) is 0. The van der Waals surface area contributed by atoms with Crippen LogP contribution >= 0.6 is 0 Å². The minimum atomic E-state index is -5.75. The quantitative estimate of drug-likeness (QED) is 0.408. The van der Waals surface area contributed by atoms with E-state index in [1.54, 1.807) is 0 Å². The molecule has 0 N–H and O–H groups in total. The molecular formula is H4CrO4Te. The van der Waals surface area contributed by atoms with Crippen LogP contribution in [0.15, 0.2) is 0 Å². The van der Waals surface area contributed by atoms with E-state index in [1.165, 1.54) is 0 Å². The molecule has 0 heterocycles. The van der Waals surface area contributed by atoms with Crippen molar-refractivity contribution in [1.82, 2.24) is 0 Å². The van der Waals surface area contributed by atoms with E-state index >= 15 is 0 Å². The van der Waals surface area contributed by atoms with Crippen molar-refractivity contribution in [1.29, 1.82) is 0 Å². The third kappa shape index (κ3) is 101. The minimum absolute atomic E-state index is 0. The Morgan fingerprint density at radius 1 is 1.17 bits per heavy atom. The standard InChI is InChI=1S/Cr.4O.H4Te/h;;;;;1H4/q;;;2*-1;+2. The van der Waals surface area contributed by atoms with Crippen LogP contribution in [-0.4, -0.2) is 23.7 Å². The molecule has 0 rings (SSSR count). The van der Waals surface area contributed by atoms with Crippen molar-refractivity contribution in [2.45, 2.75) is 0 Å². The van der Waals surface area contributed by atoms with Crippen molar-refractivity contribution in [2.24, 2.45) is 0 Å². The van der Waals surface area contributed by atoms with Gasteiger partial charge < -0.3 is 0 Å². The molecule has 6 heteroatoms. The Morgan fingerprint density at radius 3 is 1.17 bits per heavy atom. The topological polar surface area (TPSA) is 80.3 Å². The molecule has 6 heavy (non-hydrogen) atoms. The second-order valence-electron chi connectivity index (χ2n) is 0.408. The van der Waals surface area contributed by atoms with Gasteiger partial charge in [0.25, 0.3) is 0 Å². The second kappa shape index (κ2) is 2.93. The van der Waals surface area contributed by atoms with E-state index in [1.807, 2.05) is 0 Å². The summed E-state index contributed by atoms with van der Waals surface area (Å²) in [6, 6.07) is 0. The zero-order valence-corrected chi connectivity index (χ0v) is 8.06. The summed E-state index contributed by atoms with van der Waals surface area (Å²) in [6.45, 7) is 0. The SMILES string of the molecule is [O]=[Cr](=[O])([O-])[O-].[TeH4+2]. The fourth-order valence-corrected chi connectivity index (χ4v) is 0. The van der Waals surface area contributed by atoms with E-state index in [2.05, 4.69) is 0 Å². The molecule has 0 saturated carbocycles. The molecule has 0 amide bonds. The van der Waals surface area contributed by atoms with Crippen LogP contribution in [-0.2, 0) is 21.2 Å². The predicted molar refractivity (Wildman–Crippen MR) is 12.7 cm³/mol. The van der Waals surface area contributed by atoms with Gasteiger partial charge in [0.15, 0.2) is 0 Å². The molecule has 0 aromatic heterocycles. The zero-order chi connectivity index (χ0) is 4.50. The van der Waals surface area contributed by atoms with Crippen LogP contribution < -0.4 is 8.32 Å². The van der Waals surface area contributed by atoms with E-state index in [4.69, 9.17) is 15.9 Å². The summed E-state index contributed by atoms with van der Waals surface area (Å²) >= 11 is -5.75. The maximum atomic E-state index is 8.59. The summed E-state index contributed by atoms with van der Waals surface area (Å²) in [7, 11) is 0. The maximum absolute atomic E-state index is 8.59. The van der Waals surface area contributed by atoms with Gasteiger partial charge in [0, 0.05) is 0 Å². The first kappa shape index (κ1) is 9.96. The first-order valence-corrected chi connectivity index (χ1v) is 2.75. The number of hydrogen-bond donors (Lipinski definition) is 0. The number of hydrogen-bond acceptors (Lipinski definition) is 4. The summed E-state index contributed by atoms with van der Waals surface area (Å²) in [5.74, 6) is 0. The fourth-order valence-electron chi connectivity index (χ4n) is 0.